The Morgan fingerprint density at radius 1 is 1.36 bits per heavy atom. The van der Waals surface area contributed by atoms with E-state index in [-0.39, 0.29) is 5.78 Å². The zero-order valence-electron chi connectivity index (χ0n) is 14.9. The summed E-state index contributed by atoms with van der Waals surface area (Å²) in [5.74, 6) is 0.816. The predicted octanol–water partition coefficient (Wildman–Crippen LogP) is 4.70. The number of carbonyl (C=O) groups excluding carboxylic acids is 1. The van der Waals surface area contributed by atoms with Crippen LogP contribution in [0.2, 0.25) is 5.15 Å². The molecule has 2 aromatic heterocycles. The molecule has 4 nitrogen and oxygen atoms in total. The quantitative estimate of drug-likeness (QED) is 0.574. The highest BCUT2D eigenvalue weighted by molar-refractivity contribution is 6.29. The Morgan fingerprint density at radius 2 is 2.16 bits per heavy atom. The molecule has 0 spiro atoms. The smallest absolute Gasteiger partial charge is 0.176 e. The Labute approximate surface area is 153 Å². The lowest BCUT2D eigenvalue weighted by Crippen LogP contribution is -2.39. The first kappa shape index (κ1) is 17.9. The molecule has 0 saturated heterocycles. The number of ether oxygens (including phenoxy) is 1. The van der Waals surface area contributed by atoms with Gasteiger partial charge in [-0.3, -0.25) is 9.78 Å². The van der Waals surface area contributed by atoms with E-state index in [1.807, 2.05) is 26.0 Å². The van der Waals surface area contributed by atoms with Gasteiger partial charge in [-0.1, -0.05) is 24.9 Å². The van der Waals surface area contributed by atoms with Crippen LogP contribution in [-0.2, 0) is 11.8 Å². The van der Waals surface area contributed by atoms with E-state index in [0.717, 1.165) is 42.0 Å². The number of rotatable bonds is 5. The summed E-state index contributed by atoms with van der Waals surface area (Å²) < 4.78 is 5.66. The van der Waals surface area contributed by atoms with E-state index in [2.05, 4.69) is 16.9 Å². The number of aromatic nitrogens is 2. The molecule has 1 aliphatic carbocycles. The third-order valence-corrected chi connectivity index (χ3v) is 5.11. The van der Waals surface area contributed by atoms with Crippen LogP contribution in [0.15, 0.2) is 24.4 Å². The Bertz CT molecular complexity index is 789. The van der Waals surface area contributed by atoms with E-state index < -0.39 is 5.41 Å². The highest BCUT2D eigenvalue weighted by Crippen LogP contribution is 2.38. The molecule has 2 aromatic rings. The van der Waals surface area contributed by atoms with Crippen molar-refractivity contribution in [3.8, 4) is 5.75 Å². The zero-order valence-corrected chi connectivity index (χ0v) is 15.7. The normalized spacial score (nSPS) is 19.6. The molecular weight excluding hydrogens is 336 g/mol. The Morgan fingerprint density at radius 3 is 2.84 bits per heavy atom. The third kappa shape index (κ3) is 3.40. The number of hydrogen-bond acceptors (Lipinski definition) is 4. The van der Waals surface area contributed by atoms with Gasteiger partial charge in [-0.2, -0.15) is 0 Å². The number of aryl methyl sites for hydroxylation is 2. The minimum absolute atomic E-state index is 0.0718. The number of unbranched alkanes of at least 4 members (excludes halogenated alkanes) is 1. The minimum atomic E-state index is -0.644. The van der Waals surface area contributed by atoms with E-state index in [1.165, 1.54) is 0 Å². The molecule has 25 heavy (non-hydrogen) atoms. The molecule has 0 fully saturated rings. The molecule has 132 valence electrons. The van der Waals surface area contributed by atoms with E-state index in [9.17, 15) is 4.79 Å². The van der Waals surface area contributed by atoms with Gasteiger partial charge in [0, 0.05) is 5.56 Å². The van der Waals surface area contributed by atoms with Crippen LogP contribution in [0.5, 0.6) is 5.75 Å². The highest BCUT2D eigenvalue weighted by Gasteiger charge is 2.42. The Balaban J connectivity index is 1.88. The van der Waals surface area contributed by atoms with Crippen molar-refractivity contribution in [2.75, 3.05) is 6.61 Å². The lowest BCUT2D eigenvalue weighted by molar-refractivity contribution is 0.0869. The number of fused-ring (bicyclic) bond motifs is 1. The molecule has 2 heterocycles. The largest absolute Gasteiger partial charge is 0.492 e. The fourth-order valence-electron chi connectivity index (χ4n) is 3.32. The Hall–Kier alpha value is -1.94. The van der Waals surface area contributed by atoms with Crippen LogP contribution in [0.25, 0.3) is 0 Å². The molecule has 5 heteroatoms. The molecule has 1 aliphatic rings. The molecule has 0 aliphatic heterocycles. The van der Waals surface area contributed by atoms with Crippen LogP contribution >= 0.6 is 11.6 Å². The van der Waals surface area contributed by atoms with Gasteiger partial charge in [-0.15, -0.1) is 0 Å². The number of Topliss-reactive ketones (excluding diaryl/α,β-unsaturated/α-hetero) is 1. The molecule has 0 saturated carbocycles. The second kappa shape index (κ2) is 7.12. The van der Waals surface area contributed by atoms with Gasteiger partial charge in [0.1, 0.15) is 10.9 Å². The van der Waals surface area contributed by atoms with Gasteiger partial charge in [0.2, 0.25) is 0 Å². The number of nitrogens with zero attached hydrogens (tertiary/aromatic N) is 2. The summed E-state index contributed by atoms with van der Waals surface area (Å²) in [5.41, 5.74) is 2.51. The first-order valence-electron chi connectivity index (χ1n) is 8.76. The van der Waals surface area contributed by atoms with Gasteiger partial charge in [0.05, 0.1) is 29.6 Å². The van der Waals surface area contributed by atoms with Crippen LogP contribution < -0.4 is 4.74 Å². The predicted molar refractivity (Wildman–Crippen MR) is 98.6 cm³/mol. The van der Waals surface area contributed by atoms with Crippen LogP contribution in [0, 0.1) is 6.92 Å². The summed E-state index contributed by atoms with van der Waals surface area (Å²) >= 11 is 6.04. The molecular formula is C20H23ClN2O2. The van der Waals surface area contributed by atoms with E-state index in [1.54, 1.807) is 12.3 Å². The molecule has 0 amide bonds. The van der Waals surface area contributed by atoms with Gasteiger partial charge in [0.15, 0.2) is 5.78 Å². The number of hydrogen-bond donors (Lipinski definition) is 0. The second-order valence-corrected chi connectivity index (χ2v) is 7.21. The van der Waals surface area contributed by atoms with E-state index in [4.69, 9.17) is 16.3 Å². The topological polar surface area (TPSA) is 52.1 Å². The van der Waals surface area contributed by atoms with Crippen molar-refractivity contribution in [1.29, 1.82) is 0 Å². The van der Waals surface area contributed by atoms with Crippen LogP contribution in [-0.4, -0.2) is 22.4 Å². The minimum Gasteiger partial charge on any atom is -0.492 e. The van der Waals surface area contributed by atoms with Crippen molar-refractivity contribution >= 4 is 17.4 Å². The maximum Gasteiger partial charge on any atom is 0.176 e. The fourth-order valence-corrected chi connectivity index (χ4v) is 3.58. The summed E-state index contributed by atoms with van der Waals surface area (Å²) in [5, 5.41) is 0.444. The van der Waals surface area contributed by atoms with Crippen molar-refractivity contribution in [3.63, 3.8) is 0 Å². The van der Waals surface area contributed by atoms with Gasteiger partial charge in [-0.05, 0) is 56.9 Å². The van der Waals surface area contributed by atoms with Crippen molar-refractivity contribution < 1.29 is 9.53 Å². The molecule has 0 bridgehead atoms. The summed E-state index contributed by atoms with van der Waals surface area (Å²) in [4.78, 5) is 22.1. The average Bonchev–Trinajstić information content (AvgIpc) is 2.59. The fraction of sp³-hybridized carbons (Fsp3) is 0.450. The summed E-state index contributed by atoms with van der Waals surface area (Å²) in [6, 6.07) is 5.56. The van der Waals surface area contributed by atoms with Gasteiger partial charge in [0.25, 0.3) is 0 Å². The van der Waals surface area contributed by atoms with Crippen molar-refractivity contribution in [3.05, 3.63) is 52.1 Å². The summed E-state index contributed by atoms with van der Waals surface area (Å²) in [6.07, 6.45) is 5.22. The monoisotopic (exact) mass is 358 g/mol. The lowest BCUT2D eigenvalue weighted by Gasteiger charge is -2.33. The van der Waals surface area contributed by atoms with Crippen molar-refractivity contribution in [2.24, 2.45) is 0 Å². The van der Waals surface area contributed by atoms with Gasteiger partial charge < -0.3 is 4.74 Å². The molecule has 0 radical (unpaired) electrons. The average molecular weight is 359 g/mol. The summed E-state index contributed by atoms with van der Waals surface area (Å²) in [6.45, 7) is 6.69. The molecule has 1 unspecified atom stereocenters. The lowest BCUT2D eigenvalue weighted by atomic mass is 9.70. The number of halogens is 1. The molecule has 1 atom stereocenters. The van der Waals surface area contributed by atoms with Gasteiger partial charge >= 0.3 is 0 Å². The molecule has 0 N–H and O–H groups in total. The van der Waals surface area contributed by atoms with E-state index >= 15 is 0 Å². The van der Waals surface area contributed by atoms with E-state index in [0.29, 0.717) is 23.7 Å². The van der Waals surface area contributed by atoms with Crippen molar-refractivity contribution in [1.82, 2.24) is 9.97 Å². The number of carbonyl (C=O) groups is 1. The van der Waals surface area contributed by atoms with Crippen molar-refractivity contribution in [2.45, 2.75) is 51.9 Å². The van der Waals surface area contributed by atoms with Crippen LogP contribution in [0.1, 0.15) is 60.4 Å². The SMILES string of the molecule is CCCCOc1ccc(C2(C)CCc3nc(Cl)cc(C)c3C2=O)nc1. The maximum atomic E-state index is 13.2. The van der Waals surface area contributed by atoms with Gasteiger partial charge in [-0.25, -0.2) is 4.98 Å². The molecule has 3 rings (SSSR count). The zero-order chi connectivity index (χ0) is 18.0. The summed E-state index contributed by atoms with van der Waals surface area (Å²) in [7, 11) is 0. The first-order valence-corrected chi connectivity index (χ1v) is 9.13. The number of ketones is 1. The maximum absolute atomic E-state index is 13.2. The highest BCUT2D eigenvalue weighted by atomic mass is 35.5. The number of pyridine rings is 2. The Kier molecular flexibility index (Phi) is 5.09. The standard InChI is InChI=1S/C20H23ClN2O2/c1-4-5-10-25-14-6-7-16(22-12-14)20(3)9-8-15-18(19(20)24)13(2)11-17(21)23-15/h6-7,11-12H,4-5,8-10H2,1-3H3. The third-order valence-electron chi connectivity index (χ3n) is 4.92. The first-order chi connectivity index (χ1) is 12.0. The second-order valence-electron chi connectivity index (χ2n) is 6.83. The molecule has 0 aromatic carbocycles. The van der Waals surface area contributed by atoms with Crippen LogP contribution in [0.4, 0.5) is 0 Å². The van der Waals surface area contributed by atoms with Crippen LogP contribution in [0.3, 0.4) is 0 Å².